The Morgan fingerprint density at radius 1 is 1.35 bits per heavy atom. The minimum Gasteiger partial charge on any atom is -0.461 e. The molecule has 0 amide bonds. The van der Waals surface area contributed by atoms with Crippen LogP contribution >= 0.6 is 23.1 Å². The molecule has 23 heavy (non-hydrogen) atoms. The van der Waals surface area contributed by atoms with Crippen LogP contribution in [0.1, 0.15) is 23.0 Å². The van der Waals surface area contributed by atoms with Crippen molar-refractivity contribution in [3.8, 4) is 5.13 Å². The van der Waals surface area contributed by atoms with Crippen molar-refractivity contribution in [1.82, 2.24) is 19.7 Å². The molecule has 3 rings (SSSR count). The van der Waals surface area contributed by atoms with Gasteiger partial charge in [0.05, 0.1) is 6.61 Å². The number of rotatable bonds is 6. The van der Waals surface area contributed by atoms with Gasteiger partial charge in [0.25, 0.3) is 0 Å². The Morgan fingerprint density at radius 2 is 2.17 bits per heavy atom. The van der Waals surface area contributed by atoms with E-state index in [1.54, 1.807) is 23.3 Å². The summed E-state index contributed by atoms with van der Waals surface area (Å²) in [5.74, 6) is 0.295. The molecule has 8 heteroatoms. The molecule has 0 radical (unpaired) electrons. The first kappa shape index (κ1) is 15.7. The maximum absolute atomic E-state index is 12.1. The van der Waals surface area contributed by atoms with Gasteiger partial charge in [-0.3, -0.25) is 4.57 Å². The van der Waals surface area contributed by atoms with E-state index in [0.717, 1.165) is 11.3 Å². The third-order valence-corrected chi connectivity index (χ3v) is 4.80. The molecular weight excluding hydrogens is 332 g/mol. The first-order valence-electron chi connectivity index (χ1n) is 6.97. The zero-order valence-corrected chi connectivity index (χ0v) is 14.0. The minimum absolute atomic E-state index is 0.308. The van der Waals surface area contributed by atoms with Crippen molar-refractivity contribution in [3.63, 3.8) is 0 Å². The largest absolute Gasteiger partial charge is 0.461 e. The highest BCUT2D eigenvalue weighted by Gasteiger charge is 2.21. The quantitative estimate of drug-likeness (QED) is 0.504. The molecule has 0 aliphatic carbocycles. The molecule has 1 aromatic carbocycles. The molecule has 118 valence electrons. The van der Waals surface area contributed by atoms with Gasteiger partial charge in [0.1, 0.15) is 16.9 Å². The lowest BCUT2D eigenvalue weighted by Gasteiger charge is -2.07. The van der Waals surface area contributed by atoms with Crippen LogP contribution in [0.4, 0.5) is 0 Å². The molecule has 0 fully saturated rings. The Labute approximate surface area is 141 Å². The summed E-state index contributed by atoms with van der Waals surface area (Å²) < 4.78 is 6.87. The van der Waals surface area contributed by atoms with Crippen LogP contribution in [0, 0.1) is 0 Å². The van der Waals surface area contributed by atoms with Gasteiger partial charge in [0.2, 0.25) is 5.13 Å². The molecule has 3 aromatic rings. The number of carbonyl (C=O) groups excluding carboxylic acids is 1. The fourth-order valence-corrected chi connectivity index (χ4v) is 3.58. The number of aromatic nitrogens is 4. The van der Waals surface area contributed by atoms with Gasteiger partial charge in [-0.05, 0) is 12.5 Å². The number of hydrogen-bond donors (Lipinski definition) is 0. The Morgan fingerprint density at radius 3 is 2.87 bits per heavy atom. The van der Waals surface area contributed by atoms with E-state index in [0.29, 0.717) is 22.5 Å². The highest BCUT2D eigenvalue weighted by Crippen LogP contribution is 2.29. The highest BCUT2D eigenvalue weighted by molar-refractivity contribution is 7.98. The van der Waals surface area contributed by atoms with Gasteiger partial charge < -0.3 is 4.74 Å². The zero-order chi connectivity index (χ0) is 16.1. The molecule has 0 bridgehead atoms. The Kier molecular flexibility index (Phi) is 5.04. The molecule has 0 atom stereocenters. The number of benzene rings is 1. The molecule has 2 heterocycles. The summed E-state index contributed by atoms with van der Waals surface area (Å²) in [6.45, 7) is 2.09. The van der Waals surface area contributed by atoms with E-state index < -0.39 is 5.97 Å². The van der Waals surface area contributed by atoms with Crippen LogP contribution in [0.25, 0.3) is 5.13 Å². The Hall–Kier alpha value is -2.19. The maximum Gasteiger partial charge on any atom is 0.359 e. The third kappa shape index (κ3) is 3.59. The van der Waals surface area contributed by atoms with E-state index in [1.165, 1.54) is 23.1 Å². The Bertz CT molecular complexity index is 772. The van der Waals surface area contributed by atoms with E-state index in [9.17, 15) is 4.79 Å². The van der Waals surface area contributed by atoms with Crippen molar-refractivity contribution >= 4 is 29.1 Å². The van der Waals surface area contributed by atoms with Crippen molar-refractivity contribution in [2.24, 2.45) is 0 Å². The van der Waals surface area contributed by atoms with Gasteiger partial charge in [-0.15, -0.1) is 22.0 Å². The summed E-state index contributed by atoms with van der Waals surface area (Å²) in [5, 5.41) is 9.27. The fourth-order valence-electron chi connectivity index (χ4n) is 1.95. The highest BCUT2D eigenvalue weighted by atomic mass is 32.2. The lowest BCUT2D eigenvalue weighted by Crippen LogP contribution is -2.07. The Balaban J connectivity index is 1.91. The smallest absolute Gasteiger partial charge is 0.359 e. The second-order valence-corrected chi connectivity index (χ2v) is 6.26. The minimum atomic E-state index is -0.425. The molecule has 0 unspecified atom stereocenters. The number of thioether (sulfide) groups is 1. The van der Waals surface area contributed by atoms with Crippen LogP contribution in [-0.2, 0) is 10.5 Å². The summed E-state index contributed by atoms with van der Waals surface area (Å²) in [4.78, 5) is 16.3. The number of carbonyl (C=O) groups is 1. The molecule has 0 saturated heterocycles. The second-order valence-electron chi connectivity index (χ2n) is 4.48. The van der Waals surface area contributed by atoms with Crippen molar-refractivity contribution in [1.29, 1.82) is 0 Å². The van der Waals surface area contributed by atoms with Gasteiger partial charge in [0, 0.05) is 5.75 Å². The average Bonchev–Trinajstić information content (AvgIpc) is 3.23. The van der Waals surface area contributed by atoms with Crippen molar-refractivity contribution < 1.29 is 9.53 Å². The standard InChI is InChI=1S/C15H14N4O2S2/c1-2-21-14(20)12-13(22-8-11-6-4-3-5-7-11)19(9-16-12)15-18-17-10-23-15/h3-7,9-10H,2,8H2,1H3. The molecule has 0 aliphatic rings. The molecule has 0 N–H and O–H groups in total. The van der Waals surface area contributed by atoms with Gasteiger partial charge in [-0.25, -0.2) is 9.78 Å². The third-order valence-electron chi connectivity index (χ3n) is 2.97. The van der Waals surface area contributed by atoms with Gasteiger partial charge in [-0.1, -0.05) is 41.7 Å². The summed E-state index contributed by atoms with van der Waals surface area (Å²) in [5.41, 5.74) is 3.12. The van der Waals surface area contributed by atoms with Crippen LogP contribution in [0.15, 0.2) is 47.2 Å². The fraction of sp³-hybridized carbons (Fsp3) is 0.200. The van der Waals surface area contributed by atoms with Crippen molar-refractivity contribution in [2.75, 3.05) is 6.61 Å². The van der Waals surface area contributed by atoms with Crippen LogP contribution in [0.2, 0.25) is 0 Å². The SMILES string of the molecule is CCOC(=O)c1ncn(-c2nncs2)c1SCc1ccccc1. The normalized spacial score (nSPS) is 10.7. The van der Waals surface area contributed by atoms with Crippen LogP contribution < -0.4 is 0 Å². The number of imidazole rings is 1. The van der Waals surface area contributed by atoms with E-state index in [4.69, 9.17) is 4.74 Å². The van der Waals surface area contributed by atoms with Crippen LogP contribution in [0.3, 0.4) is 0 Å². The lowest BCUT2D eigenvalue weighted by atomic mass is 10.2. The van der Waals surface area contributed by atoms with E-state index in [2.05, 4.69) is 15.2 Å². The van der Waals surface area contributed by atoms with E-state index in [1.807, 2.05) is 30.3 Å². The second kappa shape index (κ2) is 7.38. The summed E-state index contributed by atoms with van der Waals surface area (Å²) in [7, 11) is 0. The molecule has 2 aromatic heterocycles. The van der Waals surface area contributed by atoms with Crippen LogP contribution in [-0.4, -0.2) is 32.3 Å². The van der Waals surface area contributed by atoms with Crippen LogP contribution in [0.5, 0.6) is 0 Å². The number of esters is 1. The zero-order valence-electron chi connectivity index (χ0n) is 12.4. The first-order valence-corrected chi connectivity index (χ1v) is 8.84. The summed E-state index contributed by atoms with van der Waals surface area (Å²) in [6.07, 6.45) is 1.58. The first-order chi connectivity index (χ1) is 11.3. The predicted octanol–water partition coefficient (Wildman–Crippen LogP) is 3.19. The molecule has 6 nitrogen and oxygen atoms in total. The molecule has 0 aliphatic heterocycles. The lowest BCUT2D eigenvalue weighted by molar-refractivity contribution is 0.0515. The molecule has 0 spiro atoms. The molecular formula is C15H14N4O2S2. The van der Waals surface area contributed by atoms with Gasteiger partial charge in [0.15, 0.2) is 5.69 Å². The molecule has 0 saturated carbocycles. The monoisotopic (exact) mass is 346 g/mol. The summed E-state index contributed by atoms with van der Waals surface area (Å²) in [6, 6.07) is 10.0. The van der Waals surface area contributed by atoms with E-state index >= 15 is 0 Å². The van der Waals surface area contributed by atoms with Gasteiger partial charge >= 0.3 is 5.97 Å². The average molecular weight is 346 g/mol. The van der Waals surface area contributed by atoms with Crippen molar-refractivity contribution in [3.05, 3.63) is 53.4 Å². The van der Waals surface area contributed by atoms with Gasteiger partial charge in [-0.2, -0.15) is 0 Å². The van der Waals surface area contributed by atoms with Crippen molar-refractivity contribution in [2.45, 2.75) is 17.7 Å². The van der Waals surface area contributed by atoms with E-state index in [-0.39, 0.29) is 0 Å². The number of nitrogens with zero attached hydrogens (tertiary/aromatic N) is 4. The maximum atomic E-state index is 12.1. The number of hydrogen-bond acceptors (Lipinski definition) is 7. The topological polar surface area (TPSA) is 69.9 Å². The predicted molar refractivity (Wildman–Crippen MR) is 89.0 cm³/mol. The number of ether oxygens (including phenoxy) is 1. The summed E-state index contributed by atoms with van der Waals surface area (Å²) >= 11 is 2.91.